The van der Waals surface area contributed by atoms with Gasteiger partial charge in [0.05, 0.1) is 16.7 Å². The summed E-state index contributed by atoms with van der Waals surface area (Å²) in [7, 11) is -2.42. The van der Waals surface area contributed by atoms with Crippen LogP contribution >= 0.6 is 15.9 Å². The predicted octanol–water partition coefficient (Wildman–Crippen LogP) is 6.03. The smallest absolute Gasteiger partial charge is 0.407 e. The van der Waals surface area contributed by atoms with Crippen LogP contribution in [-0.2, 0) is 14.2 Å². The maximum atomic E-state index is 12.3. The fraction of sp³-hybridized carbons (Fsp3) is 0.741. The Morgan fingerprint density at radius 1 is 1.10 bits per heavy atom. The fourth-order valence-corrected chi connectivity index (χ4v) is 5.99. The van der Waals surface area contributed by atoms with Crippen LogP contribution in [0.25, 0.3) is 5.65 Å². The molecule has 1 amide bonds. The summed E-state index contributed by atoms with van der Waals surface area (Å²) in [5.74, 6) is 1.68. The first-order valence-corrected chi connectivity index (χ1v) is 22.4. The van der Waals surface area contributed by atoms with E-state index in [1.54, 1.807) is 6.20 Å². The van der Waals surface area contributed by atoms with Crippen molar-refractivity contribution in [1.82, 2.24) is 19.9 Å². The Morgan fingerprint density at radius 2 is 1.70 bits per heavy atom. The molecule has 1 aliphatic rings. The van der Waals surface area contributed by atoms with Gasteiger partial charge in [-0.1, -0.05) is 39.3 Å². The summed E-state index contributed by atoms with van der Waals surface area (Å²) in [5.41, 5.74) is 0.195. The lowest BCUT2D eigenvalue weighted by Crippen LogP contribution is -2.40. The summed E-state index contributed by atoms with van der Waals surface area (Å²) in [6.45, 7) is 23.4. The van der Waals surface area contributed by atoms with Crippen LogP contribution in [0.15, 0.2) is 16.7 Å². The van der Waals surface area contributed by atoms with E-state index in [9.17, 15) is 4.79 Å². The van der Waals surface area contributed by atoms with Crippen molar-refractivity contribution in [3.63, 3.8) is 0 Å². The van der Waals surface area contributed by atoms with Crippen LogP contribution in [0.5, 0.6) is 0 Å². The molecule has 0 unspecified atom stereocenters. The first kappa shape index (κ1) is 32.8. The molecule has 1 aliphatic heterocycles. The fourth-order valence-electron chi connectivity index (χ4n) is 4.13. The molecule has 0 radical (unpaired) electrons. The van der Waals surface area contributed by atoms with Gasteiger partial charge in [0, 0.05) is 48.5 Å². The number of nitrogens with one attached hydrogen (secondary N) is 1. The summed E-state index contributed by atoms with van der Waals surface area (Å²) >= 11 is 3.63. The van der Waals surface area contributed by atoms with Gasteiger partial charge in [-0.05, 0) is 55.2 Å². The van der Waals surface area contributed by atoms with E-state index in [1.165, 1.54) is 0 Å². The van der Waals surface area contributed by atoms with Crippen molar-refractivity contribution >= 4 is 55.5 Å². The Hall–Kier alpha value is -1.68. The van der Waals surface area contributed by atoms with Gasteiger partial charge in [0.25, 0.3) is 0 Å². The Labute approximate surface area is 250 Å². The molecule has 0 saturated carbocycles. The van der Waals surface area contributed by atoms with Crippen molar-refractivity contribution in [3.05, 3.63) is 16.7 Å². The molecular weight excluding hydrogens is 608 g/mol. The molecule has 40 heavy (non-hydrogen) atoms. The quantitative estimate of drug-likeness (QED) is 0.159. The zero-order valence-electron chi connectivity index (χ0n) is 25.8. The van der Waals surface area contributed by atoms with E-state index in [0.29, 0.717) is 20.0 Å². The lowest BCUT2D eigenvalue weighted by atomic mass is 10.2. The molecule has 3 rings (SSSR count). The molecule has 13 heteroatoms. The van der Waals surface area contributed by atoms with Gasteiger partial charge < -0.3 is 29.3 Å². The SMILES string of the molecule is CC(C)(C)OC(=O)N[C@H]1CCN(c2cc(N(COCC[Si](C)(C)C)COCC[Si](C)(C)C)n3ncc(Br)c3n2)C1. The molecule has 3 heterocycles. The number of hydrogen-bond acceptors (Lipinski definition) is 8. The number of anilines is 2. The van der Waals surface area contributed by atoms with E-state index in [-0.39, 0.29) is 12.1 Å². The minimum atomic E-state index is -1.21. The van der Waals surface area contributed by atoms with E-state index in [1.807, 2.05) is 31.4 Å². The van der Waals surface area contributed by atoms with Crippen molar-refractivity contribution in [2.24, 2.45) is 0 Å². The number of carbonyl (C=O) groups is 1. The Bertz CT molecular complexity index is 1110. The normalized spacial score (nSPS) is 16.6. The number of fused-ring (bicyclic) bond motifs is 1. The number of halogens is 1. The average molecular weight is 658 g/mol. The van der Waals surface area contributed by atoms with Gasteiger partial charge in [0.15, 0.2) is 5.65 Å². The largest absolute Gasteiger partial charge is 0.444 e. The van der Waals surface area contributed by atoms with Gasteiger partial charge in [-0.15, -0.1) is 0 Å². The minimum absolute atomic E-state index is 0.0180. The lowest BCUT2D eigenvalue weighted by Gasteiger charge is -2.28. The summed E-state index contributed by atoms with van der Waals surface area (Å²) in [6, 6.07) is 4.23. The molecule has 0 aliphatic carbocycles. The standard InChI is InChI=1S/C27H49BrN6O4Si2/c1-27(2,3)38-26(35)30-21-10-11-32(18-21)23-16-24(34-25(31-23)22(28)17-29-34)33(19-36-12-14-39(4,5)6)20-37-13-15-40(7,8)9/h16-17,21H,10-15,18-20H2,1-9H3,(H,30,35)/t21-/m0/s1. The lowest BCUT2D eigenvalue weighted by molar-refractivity contribution is 0.0509. The van der Waals surface area contributed by atoms with E-state index >= 15 is 0 Å². The topological polar surface area (TPSA) is 93.5 Å². The summed E-state index contributed by atoms with van der Waals surface area (Å²) in [4.78, 5) is 21.6. The van der Waals surface area contributed by atoms with Gasteiger partial charge in [0.2, 0.25) is 0 Å². The number of aromatic nitrogens is 3. The molecule has 2 aromatic heterocycles. The van der Waals surface area contributed by atoms with Crippen LogP contribution in [0.3, 0.4) is 0 Å². The molecule has 10 nitrogen and oxygen atoms in total. The molecule has 0 spiro atoms. The molecule has 1 atom stereocenters. The molecule has 1 fully saturated rings. The highest BCUT2D eigenvalue weighted by molar-refractivity contribution is 9.10. The van der Waals surface area contributed by atoms with Gasteiger partial charge in [-0.2, -0.15) is 9.61 Å². The first-order valence-electron chi connectivity index (χ1n) is 14.2. The van der Waals surface area contributed by atoms with Crippen molar-refractivity contribution in [2.75, 3.05) is 49.6 Å². The number of alkyl carbamates (subject to hydrolysis) is 1. The monoisotopic (exact) mass is 656 g/mol. The predicted molar refractivity (Wildman–Crippen MR) is 171 cm³/mol. The third-order valence-electron chi connectivity index (χ3n) is 6.44. The van der Waals surface area contributed by atoms with Crippen LogP contribution in [-0.4, -0.2) is 88.2 Å². The third-order valence-corrected chi connectivity index (χ3v) is 10.4. The summed E-state index contributed by atoms with van der Waals surface area (Å²) in [5, 5.41) is 7.61. The Balaban J connectivity index is 1.81. The molecule has 0 aromatic carbocycles. The highest BCUT2D eigenvalue weighted by Gasteiger charge is 2.28. The second-order valence-corrected chi connectivity index (χ2v) is 26.1. The van der Waals surface area contributed by atoms with E-state index in [4.69, 9.17) is 19.2 Å². The van der Waals surface area contributed by atoms with Crippen molar-refractivity contribution < 1.29 is 19.0 Å². The number of rotatable bonds is 13. The molecule has 1 saturated heterocycles. The Morgan fingerprint density at radius 3 is 2.25 bits per heavy atom. The van der Waals surface area contributed by atoms with Crippen LogP contribution in [0.2, 0.25) is 51.4 Å². The van der Waals surface area contributed by atoms with Gasteiger partial charge in [0.1, 0.15) is 30.7 Å². The van der Waals surface area contributed by atoms with E-state index in [2.05, 4.69) is 75.4 Å². The number of ether oxygens (including phenoxy) is 3. The maximum absolute atomic E-state index is 12.3. The molecule has 226 valence electrons. The molecule has 2 aromatic rings. The van der Waals surface area contributed by atoms with Crippen LogP contribution in [0, 0.1) is 0 Å². The second-order valence-electron chi connectivity index (χ2n) is 14.0. The molecule has 0 bridgehead atoms. The molecule has 1 N–H and O–H groups in total. The summed E-state index contributed by atoms with van der Waals surface area (Å²) in [6.07, 6.45) is 2.19. The molecular formula is C27H49BrN6O4Si2. The zero-order valence-corrected chi connectivity index (χ0v) is 29.4. The number of carbonyl (C=O) groups excluding carboxylic acids is 1. The van der Waals surface area contributed by atoms with Gasteiger partial charge in [-0.3, -0.25) is 0 Å². The van der Waals surface area contributed by atoms with E-state index in [0.717, 1.165) is 60.0 Å². The number of amides is 1. The van der Waals surface area contributed by atoms with Gasteiger partial charge >= 0.3 is 6.09 Å². The highest BCUT2D eigenvalue weighted by atomic mass is 79.9. The van der Waals surface area contributed by atoms with Crippen LogP contribution in [0.4, 0.5) is 16.4 Å². The minimum Gasteiger partial charge on any atom is -0.444 e. The van der Waals surface area contributed by atoms with Crippen LogP contribution in [0.1, 0.15) is 27.2 Å². The third kappa shape index (κ3) is 10.6. The maximum Gasteiger partial charge on any atom is 0.407 e. The first-order chi connectivity index (χ1) is 18.5. The van der Waals surface area contributed by atoms with Gasteiger partial charge in [-0.25, -0.2) is 9.78 Å². The van der Waals surface area contributed by atoms with Crippen molar-refractivity contribution in [2.45, 2.75) is 90.2 Å². The zero-order chi connectivity index (χ0) is 29.7. The summed E-state index contributed by atoms with van der Waals surface area (Å²) < 4.78 is 20.5. The second kappa shape index (κ2) is 13.5. The highest BCUT2D eigenvalue weighted by Crippen LogP contribution is 2.29. The van der Waals surface area contributed by atoms with E-state index < -0.39 is 21.7 Å². The average Bonchev–Trinajstić information content (AvgIpc) is 3.41. The van der Waals surface area contributed by atoms with Crippen molar-refractivity contribution in [1.29, 1.82) is 0 Å². The number of nitrogens with zero attached hydrogens (tertiary/aromatic N) is 5. The number of hydrogen-bond donors (Lipinski definition) is 1. The Kier molecular flexibility index (Phi) is 11.1. The van der Waals surface area contributed by atoms with Crippen molar-refractivity contribution in [3.8, 4) is 0 Å². The van der Waals surface area contributed by atoms with Crippen LogP contribution < -0.4 is 15.1 Å².